The van der Waals surface area contributed by atoms with Gasteiger partial charge in [0.2, 0.25) is 11.8 Å². The third-order valence-electron chi connectivity index (χ3n) is 15.1. The third-order valence-corrected chi connectivity index (χ3v) is 15.1. The van der Waals surface area contributed by atoms with Crippen LogP contribution in [0.25, 0.3) is 6.08 Å². The van der Waals surface area contributed by atoms with Gasteiger partial charge in [0, 0.05) is 38.8 Å². The van der Waals surface area contributed by atoms with Crippen molar-refractivity contribution in [1.29, 1.82) is 0 Å². The standard InChI is InChI=1S/C47H69N3O9/c1-6-8-10-19-46(20-11-9-7-2)57-38-35-28-47(43(54)49-22-18-37(52)48-23-24-51)40(42(53)55-35)50(59-41(47)39(38)58-46)29-31-14-12-13-30(25-31)26-32-15-16-36-45(5,56-36)21-17-34-33(32)27-44(34,3)4/h12-14,25-26,33-36,38-41,51H,6-11,15-24,27-29H2,1-5H3,(H,48,52)(H,49,54)/t33-,34-,35-,36?,38+,39+,40+,41-,45-,47+/m1/s1. The number of benzene rings is 1. The summed E-state index contributed by atoms with van der Waals surface area (Å²) in [5, 5.41) is 16.5. The molecular weight excluding hydrogens is 751 g/mol. The van der Waals surface area contributed by atoms with Crippen molar-refractivity contribution in [2.75, 3.05) is 19.7 Å². The van der Waals surface area contributed by atoms with Gasteiger partial charge in [0.1, 0.15) is 29.8 Å². The Hall–Kier alpha value is -2.87. The molecule has 12 nitrogen and oxygen atoms in total. The molecule has 3 N–H and O–H groups in total. The Balaban J connectivity index is 1.07. The molecule has 1 aromatic rings. The molecule has 12 heteroatoms. The summed E-state index contributed by atoms with van der Waals surface area (Å²) in [5.74, 6) is -0.779. The van der Waals surface area contributed by atoms with E-state index in [1.165, 1.54) is 18.4 Å². The Kier molecular flexibility index (Phi) is 12.4. The normalized spacial score (nSPS) is 36.8. The van der Waals surface area contributed by atoms with E-state index in [9.17, 15) is 14.4 Å². The van der Waals surface area contributed by atoms with Gasteiger partial charge in [-0.3, -0.25) is 19.2 Å². The number of fused-ring (bicyclic) bond motifs is 6. The van der Waals surface area contributed by atoms with Crippen LogP contribution in [0.1, 0.15) is 142 Å². The summed E-state index contributed by atoms with van der Waals surface area (Å²) in [6.45, 7) is 11.8. The predicted molar refractivity (Wildman–Crippen MR) is 221 cm³/mol. The van der Waals surface area contributed by atoms with Gasteiger partial charge in [0.05, 0.1) is 24.9 Å². The van der Waals surface area contributed by atoms with Crippen LogP contribution in [-0.2, 0) is 44.7 Å². The molecule has 326 valence electrons. The number of carbonyl (C=O) groups excluding carboxylic acids is 3. The molecule has 2 amide bonds. The van der Waals surface area contributed by atoms with Gasteiger partial charge in [0.15, 0.2) is 11.8 Å². The van der Waals surface area contributed by atoms with Gasteiger partial charge in [-0.2, -0.15) is 5.06 Å². The van der Waals surface area contributed by atoms with E-state index in [1.54, 1.807) is 5.06 Å². The summed E-state index contributed by atoms with van der Waals surface area (Å²) < 4.78 is 26.4. The van der Waals surface area contributed by atoms with Crippen molar-refractivity contribution >= 4 is 23.9 Å². The number of allylic oxidation sites excluding steroid dienone is 1. The van der Waals surface area contributed by atoms with Crippen LogP contribution in [0.4, 0.5) is 0 Å². The fraction of sp³-hybridized carbons (Fsp3) is 0.766. The number of aliphatic hydroxyl groups is 1. The first kappa shape index (κ1) is 42.8. The SMILES string of the molecule is CCCCCC1(CCCCC)O[C@@H]2[C@H](O1)[C@H]1ON(Cc3cccc(C=C4CCC5O[C@]5(C)CC[C@@H]5[C@@H]4CC5(C)C)c3)[C@H]3C(=O)O[C@@H]2C[C@@]13C(=O)NCCC(=O)NCCO. The molecule has 7 fully saturated rings. The van der Waals surface area contributed by atoms with Crippen LogP contribution in [0.15, 0.2) is 29.8 Å². The molecule has 4 heterocycles. The zero-order chi connectivity index (χ0) is 41.6. The van der Waals surface area contributed by atoms with Gasteiger partial charge in [-0.25, -0.2) is 0 Å². The Bertz CT molecular complexity index is 1740. The molecular formula is C47H69N3O9. The molecule has 10 atom stereocenters. The lowest BCUT2D eigenvalue weighted by molar-refractivity contribution is -0.224. The number of ether oxygens (including phenoxy) is 4. The van der Waals surface area contributed by atoms with Crippen molar-refractivity contribution in [3.63, 3.8) is 0 Å². The first-order chi connectivity index (χ1) is 28.3. The van der Waals surface area contributed by atoms with Crippen LogP contribution in [-0.4, -0.2) is 95.6 Å². The first-order valence-corrected chi connectivity index (χ1v) is 23.0. The first-order valence-electron chi connectivity index (χ1n) is 23.0. The molecule has 4 saturated heterocycles. The van der Waals surface area contributed by atoms with Crippen molar-refractivity contribution in [2.45, 2.75) is 185 Å². The number of amides is 2. The predicted octanol–water partition coefficient (Wildman–Crippen LogP) is 6.52. The molecule has 1 unspecified atom stereocenters. The number of hydrogen-bond acceptors (Lipinski definition) is 10. The Morgan fingerprint density at radius 3 is 2.44 bits per heavy atom. The largest absolute Gasteiger partial charge is 0.458 e. The highest BCUT2D eigenvalue weighted by molar-refractivity contribution is 5.94. The Morgan fingerprint density at radius 1 is 0.949 bits per heavy atom. The summed E-state index contributed by atoms with van der Waals surface area (Å²) in [4.78, 5) is 48.3. The lowest BCUT2D eigenvalue weighted by Crippen LogP contribution is -2.69. The van der Waals surface area contributed by atoms with E-state index in [1.807, 2.05) is 0 Å². The molecule has 2 bridgehead atoms. The van der Waals surface area contributed by atoms with Gasteiger partial charge < -0.3 is 34.7 Å². The zero-order valence-corrected chi connectivity index (χ0v) is 36.1. The van der Waals surface area contributed by atoms with Crippen molar-refractivity contribution in [3.8, 4) is 0 Å². The lowest BCUT2D eigenvalue weighted by Gasteiger charge is -2.53. The smallest absolute Gasteiger partial charge is 0.327 e. The molecule has 0 spiro atoms. The molecule has 0 aromatic heterocycles. The van der Waals surface area contributed by atoms with Gasteiger partial charge in [-0.1, -0.05) is 89.3 Å². The zero-order valence-electron chi connectivity index (χ0n) is 36.1. The topological polar surface area (TPSA) is 148 Å². The van der Waals surface area contributed by atoms with Gasteiger partial charge in [-0.15, -0.1) is 0 Å². The minimum atomic E-state index is -1.32. The highest BCUT2D eigenvalue weighted by Crippen LogP contribution is 2.61. The number of esters is 1. The monoisotopic (exact) mass is 820 g/mol. The molecule has 0 radical (unpaired) electrons. The minimum absolute atomic E-state index is 0.0310. The van der Waals surface area contributed by atoms with Crippen molar-refractivity contribution < 1.29 is 43.3 Å². The molecule has 1 aromatic carbocycles. The van der Waals surface area contributed by atoms with Crippen LogP contribution in [0.3, 0.4) is 0 Å². The van der Waals surface area contributed by atoms with Crippen molar-refractivity contribution in [2.24, 2.45) is 22.7 Å². The van der Waals surface area contributed by atoms with Crippen LogP contribution in [0.5, 0.6) is 0 Å². The van der Waals surface area contributed by atoms with Gasteiger partial charge >= 0.3 is 5.97 Å². The van der Waals surface area contributed by atoms with E-state index < -0.39 is 47.6 Å². The second-order valence-electron chi connectivity index (χ2n) is 19.7. The van der Waals surface area contributed by atoms with E-state index in [2.05, 4.69) is 75.6 Å². The van der Waals surface area contributed by atoms with E-state index in [0.29, 0.717) is 36.2 Å². The molecule has 3 aliphatic carbocycles. The Labute approximate surface area is 350 Å². The average molecular weight is 820 g/mol. The number of aliphatic hydroxyl groups excluding tert-OH is 1. The number of carbonyl (C=O) groups is 3. The van der Waals surface area contributed by atoms with E-state index in [-0.39, 0.29) is 56.5 Å². The van der Waals surface area contributed by atoms with Crippen LogP contribution >= 0.6 is 0 Å². The molecule has 59 heavy (non-hydrogen) atoms. The van der Waals surface area contributed by atoms with Crippen molar-refractivity contribution in [3.05, 3.63) is 41.0 Å². The number of hydroxylamine groups is 2. The summed E-state index contributed by atoms with van der Waals surface area (Å²) in [7, 11) is 0. The third kappa shape index (κ3) is 8.28. The average Bonchev–Trinajstić information content (AvgIpc) is 3.48. The molecule has 8 rings (SSSR count). The second kappa shape index (κ2) is 17.1. The fourth-order valence-electron chi connectivity index (χ4n) is 11.8. The maximum atomic E-state index is 14.7. The van der Waals surface area contributed by atoms with E-state index in [4.69, 9.17) is 28.9 Å². The summed E-state index contributed by atoms with van der Waals surface area (Å²) >= 11 is 0. The van der Waals surface area contributed by atoms with Crippen LogP contribution < -0.4 is 10.6 Å². The number of nitrogens with zero attached hydrogens (tertiary/aromatic N) is 1. The molecule has 7 aliphatic rings. The quantitative estimate of drug-likeness (QED) is 0.0902. The highest BCUT2D eigenvalue weighted by atomic mass is 16.8. The fourth-order valence-corrected chi connectivity index (χ4v) is 11.8. The summed E-state index contributed by atoms with van der Waals surface area (Å²) in [6.07, 6.45) is 13.4. The Morgan fingerprint density at radius 2 is 1.71 bits per heavy atom. The van der Waals surface area contributed by atoms with Crippen LogP contribution in [0, 0.1) is 22.7 Å². The maximum Gasteiger partial charge on any atom is 0.327 e. The van der Waals surface area contributed by atoms with Crippen LogP contribution in [0.2, 0.25) is 0 Å². The van der Waals surface area contributed by atoms with E-state index in [0.717, 1.165) is 68.9 Å². The number of epoxide rings is 1. The number of rotatable bonds is 17. The number of nitrogens with one attached hydrogen (secondary N) is 2. The van der Waals surface area contributed by atoms with Gasteiger partial charge in [-0.05, 0) is 80.2 Å². The number of unbranched alkanes of at least 4 members (excludes halogenated alkanes) is 4. The van der Waals surface area contributed by atoms with Crippen molar-refractivity contribution in [1.82, 2.24) is 15.7 Å². The number of hydrogen-bond donors (Lipinski definition) is 3. The molecule has 3 saturated carbocycles. The molecule has 4 aliphatic heterocycles. The summed E-state index contributed by atoms with van der Waals surface area (Å²) in [6, 6.07) is 7.43. The highest BCUT2D eigenvalue weighted by Gasteiger charge is 2.76. The van der Waals surface area contributed by atoms with Gasteiger partial charge in [0.25, 0.3) is 0 Å². The lowest BCUT2D eigenvalue weighted by atomic mass is 9.52. The second-order valence-corrected chi connectivity index (χ2v) is 19.7. The summed E-state index contributed by atoms with van der Waals surface area (Å²) in [5.41, 5.74) is 2.61. The minimum Gasteiger partial charge on any atom is -0.458 e. The van der Waals surface area contributed by atoms with E-state index >= 15 is 0 Å². The maximum absolute atomic E-state index is 14.7.